The molecule has 1 unspecified atom stereocenters. The minimum Gasteiger partial charge on any atom is -0.497 e. The molecule has 148 valence electrons. The Morgan fingerprint density at radius 3 is 2.70 bits per heavy atom. The van der Waals surface area contributed by atoms with Crippen molar-refractivity contribution in [1.29, 1.82) is 0 Å². The molecule has 2 aliphatic heterocycles. The van der Waals surface area contributed by atoms with Crippen LogP contribution in [0.1, 0.15) is 25.3 Å². The van der Waals surface area contributed by atoms with Crippen LogP contribution < -0.4 is 10.1 Å². The summed E-state index contributed by atoms with van der Waals surface area (Å²) in [6.07, 6.45) is 1.07. The van der Waals surface area contributed by atoms with Gasteiger partial charge < -0.3 is 24.8 Å². The van der Waals surface area contributed by atoms with Crippen molar-refractivity contribution in [3.05, 3.63) is 29.8 Å². The molecular formula is C20H28N2O5. The van der Waals surface area contributed by atoms with Gasteiger partial charge in [-0.15, -0.1) is 0 Å². The summed E-state index contributed by atoms with van der Waals surface area (Å²) in [5.41, 5.74) is 0.301. The molecule has 3 rings (SSSR count). The second-order valence-electron chi connectivity index (χ2n) is 7.54. The van der Waals surface area contributed by atoms with Gasteiger partial charge in [0.05, 0.1) is 12.5 Å². The zero-order valence-corrected chi connectivity index (χ0v) is 15.9. The Kier molecular flexibility index (Phi) is 6.01. The number of methoxy groups -OCH3 is 1. The van der Waals surface area contributed by atoms with Crippen molar-refractivity contribution in [3.8, 4) is 5.75 Å². The van der Waals surface area contributed by atoms with E-state index in [-0.39, 0.29) is 17.9 Å². The van der Waals surface area contributed by atoms with Crippen molar-refractivity contribution in [1.82, 2.24) is 10.2 Å². The largest absolute Gasteiger partial charge is 0.497 e. The molecule has 0 bridgehead atoms. The van der Waals surface area contributed by atoms with Gasteiger partial charge in [-0.05, 0) is 43.9 Å². The van der Waals surface area contributed by atoms with E-state index >= 15 is 0 Å². The topological polar surface area (TPSA) is 88.1 Å². The highest BCUT2D eigenvalue weighted by Crippen LogP contribution is 2.36. The maximum absolute atomic E-state index is 13.1. The molecule has 0 aromatic heterocycles. The molecular weight excluding hydrogens is 348 g/mol. The summed E-state index contributed by atoms with van der Waals surface area (Å²) in [4.78, 5) is 26.8. The van der Waals surface area contributed by atoms with Gasteiger partial charge in [0.2, 0.25) is 5.91 Å². The van der Waals surface area contributed by atoms with Gasteiger partial charge in [-0.1, -0.05) is 12.1 Å². The number of aliphatic hydroxyl groups is 1. The van der Waals surface area contributed by atoms with Gasteiger partial charge in [-0.3, -0.25) is 9.59 Å². The van der Waals surface area contributed by atoms with E-state index in [1.807, 2.05) is 24.3 Å². The average Bonchev–Trinajstić information content (AvgIpc) is 2.64. The Hall–Kier alpha value is -2.12. The lowest BCUT2D eigenvalue weighted by Crippen LogP contribution is -2.67. The molecule has 2 aliphatic rings. The minimum absolute atomic E-state index is 0.0353. The number of carbonyl (C=O) groups is 2. The molecule has 2 heterocycles. The van der Waals surface area contributed by atoms with E-state index in [4.69, 9.17) is 9.47 Å². The lowest BCUT2D eigenvalue weighted by Gasteiger charge is -2.50. The van der Waals surface area contributed by atoms with Crippen LogP contribution in [0, 0.1) is 5.41 Å². The minimum atomic E-state index is -1.06. The summed E-state index contributed by atoms with van der Waals surface area (Å²) in [6.45, 7) is 3.37. The van der Waals surface area contributed by atoms with Crippen LogP contribution in [0.4, 0.5) is 0 Å². The van der Waals surface area contributed by atoms with Gasteiger partial charge in [-0.25, -0.2) is 0 Å². The average molecular weight is 376 g/mol. The molecule has 2 amide bonds. The zero-order chi connectivity index (χ0) is 19.4. The molecule has 2 fully saturated rings. The summed E-state index contributed by atoms with van der Waals surface area (Å²) >= 11 is 0. The molecule has 1 atom stereocenters. The lowest BCUT2D eigenvalue weighted by atomic mass is 9.73. The third-order valence-corrected chi connectivity index (χ3v) is 5.37. The Balaban J connectivity index is 1.74. The van der Waals surface area contributed by atoms with Gasteiger partial charge >= 0.3 is 0 Å². The fraction of sp³-hybridized carbons (Fsp3) is 0.600. The van der Waals surface area contributed by atoms with Gasteiger partial charge in [0.1, 0.15) is 11.9 Å². The van der Waals surface area contributed by atoms with E-state index in [2.05, 4.69) is 5.32 Å². The first-order valence-electron chi connectivity index (χ1n) is 9.42. The fourth-order valence-electron chi connectivity index (χ4n) is 3.79. The van der Waals surface area contributed by atoms with Crippen molar-refractivity contribution in [2.75, 3.05) is 33.4 Å². The van der Waals surface area contributed by atoms with E-state index in [1.54, 1.807) is 12.0 Å². The van der Waals surface area contributed by atoms with Crippen LogP contribution in [0.25, 0.3) is 0 Å². The zero-order valence-electron chi connectivity index (χ0n) is 15.9. The number of aliphatic hydroxyl groups excluding tert-OH is 1. The van der Waals surface area contributed by atoms with Crippen LogP contribution in [0.2, 0.25) is 0 Å². The highest BCUT2D eigenvalue weighted by atomic mass is 16.5. The summed E-state index contributed by atoms with van der Waals surface area (Å²) in [5.74, 6) is 0.366. The van der Waals surface area contributed by atoms with Crippen LogP contribution >= 0.6 is 0 Å². The molecule has 0 radical (unpaired) electrons. The summed E-state index contributed by atoms with van der Waals surface area (Å²) in [5, 5.41) is 12.7. The quantitative estimate of drug-likeness (QED) is 0.765. The SMILES string of the molecule is COc1cccc(CC2(C(=O)NC3CCOCC3)CN(C(=O)C(C)O)C2)c1. The maximum atomic E-state index is 13.1. The third-order valence-electron chi connectivity index (χ3n) is 5.37. The molecule has 2 N–H and O–H groups in total. The lowest BCUT2D eigenvalue weighted by molar-refractivity contribution is -0.159. The molecule has 7 heteroatoms. The summed E-state index contributed by atoms with van der Waals surface area (Å²) in [6, 6.07) is 7.75. The summed E-state index contributed by atoms with van der Waals surface area (Å²) < 4.78 is 10.6. The van der Waals surface area contributed by atoms with Crippen molar-refractivity contribution in [2.45, 2.75) is 38.3 Å². The normalized spacial score (nSPS) is 20.5. The Labute approximate surface area is 159 Å². The fourth-order valence-corrected chi connectivity index (χ4v) is 3.79. The molecule has 7 nitrogen and oxygen atoms in total. The Morgan fingerprint density at radius 2 is 2.07 bits per heavy atom. The monoisotopic (exact) mass is 376 g/mol. The van der Waals surface area contributed by atoms with Crippen LogP contribution in [0.15, 0.2) is 24.3 Å². The third kappa shape index (κ3) is 4.42. The number of rotatable bonds is 6. The number of nitrogens with zero attached hydrogens (tertiary/aromatic N) is 1. The standard InChI is InChI=1S/C20H28N2O5/c1-14(23)18(24)22-12-20(13-22,11-15-4-3-5-17(10-15)26-2)19(25)21-16-6-8-27-9-7-16/h3-5,10,14,16,23H,6-9,11-13H2,1-2H3,(H,21,25). The number of amides is 2. The first kappa shape index (κ1) is 19.6. The molecule has 0 aliphatic carbocycles. The van der Waals surface area contributed by atoms with Gasteiger partial charge in [-0.2, -0.15) is 0 Å². The number of carbonyl (C=O) groups excluding carboxylic acids is 2. The van der Waals surface area contributed by atoms with Crippen LogP contribution in [0.3, 0.4) is 0 Å². The van der Waals surface area contributed by atoms with E-state index < -0.39 is 11.5 Å². The van der Waals surface area contributed by atoms with Crippen molar-refractivity contribution in [2.24, 2.45) is 5.41 Å². The molecule has 27 heavy (non-hydrogen) atoms. The van der Waals surface area contributed by atoms with Crippen molar-refractivity contribution < 1.29 is 24.2 Å². The number of benzene rings is 1. The molecule has 0 saturated carbocycles. The first-order chi connectivity index (χ1) is 12.9. The number of hydrogen-bond donors (Lipinski definition) is 2. The number of likely N-dealkylation sites (tertiary alicyclic amines) is 1. The van der Waals surface area contributed by atoms with Gasteiger partial charge in [0.25, 0.3) is 5.91 Å². The Bertz CT molecular complexity index is 679. The highest BCUT2D eigenvalue weighted by Gasteiger charge is 2.51. The molecule has 0 spiro atoms. The van der Waals surface area contributed by atoms with Crippen molar-refractivity contribution in [3.63, 3.8) is 0 Å². The van der Waals surface area contributed by atoms with E-state index in [1.165, 1.54) is 6.92 Å². The van der Waals surface area contributed by atoms with E-state index in [0.717, 1.165) is 24.2 Å². The molecule has 1 aromatic carbocycles. The smallest absolute Gasteiger partial charge is 0.251 e. The van der Waals surface area contributed by atoms with E-state index in [9.17, 15) is 14.7 Å². The van der Waals surface area contributed by atoms with Crippen LogP contribution in [-0.2, 0) is 20.7 Å². The number of hydrogen-bond acceptors (Lipinski definition) is 5. The van der Waals surface area contributed by atoms with Gasteiger partial charge in [0.15, 0.2) is 0 Å². The second kappa shape index (κ2) is 8.27. The predicted octanol–water partition coefficient (Wildman–Crippen LogP) is 0.742. The molecule has 1 aromatic rings. The number of nitrogens with one attached hydrogen (secondary N) is 1. The predicted molar refractivity (Wildman–Crippen MR) is 99.4 cm³/mol. The molecule has 2 saturated heterocycles. The summed E-state index contributed by atoms with van der Waals surface area (Å²) in [7, 11) is 1.61. The first-order valence-corrected chi connectivity index (χ1v) is 9.42. The number of ether oxygens (including phenoxy) is 2. The van der Waals surface area contributed by atoms with Gasteiger partial charge in [0, 0.05) is 32.3 Å². The van der Waals surface area contributed by atoms with Crippen LogP contribution in [-0.4, -0.2) is 67.4 Å². The maximum Gasteiger partial charge on any atom is 0.251 e. The van der Waals surface area contributed by atoms with E-state index in [0.29, 0.717) is 32.7 Å². The second-order valence-corrected chi connectivity index (χ2v) is 7.54. The van der Waals surface area contributed by atoms with Crippen LogP contribution in [0.5, 0.6) is 5.75 Å². The Morgan fingerprint density at radius 1 is 1.37 bits per heavy atom. The van der Waals surface area contributed by atoms with Crippen molar-refractivity contribution >= 4 is 11.8 Å². The highest BCUT2D eigenvalue weighted by molar-refractivity contribution is 5.89.